The first-order chi connectivity index (χ1) is 7.49. The molecule has 0 aliphatic rings. The predicted octanol–water partition coefficient (Wildman–Crippen LogP) is 1.97. The van der Waals surface area contributed by atoms with Crippen molar-refractivity contribution in [1.29, 1.82) is 0 Å². The molecule has 5 nitrogen and oxygen atoms in total. The van der Waals surface area contributed by atoms with Crippen molar-refractivity contribution in [3.63, 3.8) is 0 Å². The van der Waals surface area contributed by atoms with E-state index in [-0.39, 0.29) is 24.0 Å². The fourth-order valence-corrected chi connectivity index (χ4v) is 1.08. The summed E-state index contributed by atoms with van der Waals surface area (Å²) in [5, 5.41) is 11.5. The summed E-state index contributed by atoms with van der Waals surface area (Å²) in [5.41, 5.74) is 0.722. The van der Waals surface area contributed by atoms with Gasteiger partial charge in [-0.15, -0.1) is 0 Å². The van der Waals surface area contributed by atoms with Crippen LogP contribution in [0.5, 0.6) is 5.88 Å². The van der Waals surface area contributed by atoms with E-state index < -0.39 is 0 Å². The number of ketones is 1. The van der Waals surface area contributed by atoms with Crippen LogP contribution in [0.15, 0.2) is 6.07 Å². The molecule has 0 spiro atoms. The first-order valence-corrected chi connectivity index (χ1v) is 5.17. The van der Waals surface area contributed by atoms with E-state index in [1.807, 2.05) is 13.8 Å². The Kier molecular flexibility index (Phi) is 5.92. The maximum atomic E-state index is 11.2. The zero-order valence-corrected chi connectivity index (χ0v) is 10.0. The highest BCUT2D eigenvalue weighted by molar-refractivity contribution is 6.03. The third-order valence-electron chi connectivity index (χ3n) is 1.67. The van der Waals surface area contributed by atoms with E-state index in [2.05, 4.69) is 10.3 Å². The Morgan fingerprint density at radius 2 is 2.00 bits per heavy atom. The second-order valence-corrected chi connectivity index (χ2v) is 3.14. The minimum Gasteiger partial charge on any atom is -0.495 e. The fourth-order valence-electron chi connectivity index (χ4n) is 1.08. The maximum absolute atomic E-state index is 11.2. The highest BCUT2D eigenvalue weighted by Gasteiger charge is 2.09. The number of hydrogen-bond donors (Lipinski definition) is 3. The Balaban J connectivity index is 0.00000106. The van der Waals surface area contributed by atoms with Crippen molar-refractivity contribution in [2.24, 2.45) is 0 Å². The topological polar surface area (TPSA) is 82.2 Å². The van der Waals surface area contributed by atoms with Crippen LogP contribution in [-0.2, 0) is 9.59 Å². The molecule has 90 valence electrons. The van der Waals surface area contributed by atoms with Crippen LogP contribution in [0.1, 0.15) is 32.8 Å². The lowest BCUT2D eigenvalue weighted by molar-refractivity contribution is -0.124. The van der Waals surface area contributed by atoms with Gasteiger partial charge in [-0.25, -0.2) is 0 Å². The standard InChI is InChI=1S/C9H12N2O3.C2H6/c1-5-3-7(13)10-9(5)11-8(14)4-6(2)12;1-2/h3,10,13H,4H2,1-2H3,(H,11,14);1-2H3. The molecule has 1 aromatic rings. The lowest BCUT2D eigenvalue weighted by Crippen LogP contribution is -2.15. The predicted molar refractivity (Wildman–Crippen MR) is 62.5 cm³/mol. The van der Waals surface area contributed by atoms with Gasteiger partial charge in [0.1, 0.15) is 11.6 Å². The number of rotatable bonds is 3. The molecule has 0 aliphatic heterocycles. The number of aryl methyl sites for hydroxylation is 1. The molecule has 1 aromatic heterocycles. The summed E-state index contributed by atoms with van der Waals surface area (Å²) >= 11 is 0. The summed E-state index contributed by atoms with van der Waals surface area (Å²) in [5.74, 6) is -0.173. The molecule has 0 aliphatic carbocycles. The molecule has 16 heavy (non-hydrogen) atoms. The van der Waals surface area contributed by atoms with E-state index in [1.165, 1.54) is 13.0 Å². The number of carbonyl (C=O) groups is 2. The Labute approximate surface area is 94.9 Å². The third kappa shape index (κ3) is 4.63. The van der Waals surface area contributed by atoms with E-state index in [0.717, 1.165) is 5.56 Å². The molecule has 0 aromatic carbocycles. The number of aromatic hydroxyl groups is 1. The van der Waals surface area contributed by atoms with Crippen LogP contribution >= 0.6 is 0 Å². The van der Waals surface area contributed by atoms with Crippen LogP contribution in [0.3, 0.4) is 0 Å². The molecule has 5 heteroatoms. The van der Waals surface area contributed by atoms with Gasteiger partial charge < -0.3 is 15.4 Å². The van der Waals surface area contributed by atoms with Crippen LogP contribution < -0.4 is 5.32 Å². The lowest BCUT2D eigenvalue weighted by Gasteiger charge is -2.01. The number of H-pyrrole nitrogens is 1. The Hall–Kier alpha value is -1.78. The summed E-state index contributed by atoms with van der Waals surface area (Å²) in [7, 11) is 0. The van der Waals surface area contributed by atoms with Gasteiger partial charge >= 0.3 is 0 Å². The zero-order valence-electron chi connectivity index (χ0n) is 10.0. The summed E-state index contributed by atoms with van der Waals surface area (Å²) < 4.78 is 0. The van der Waals surface area contributed by atoms with Gasteiger partial charge in [-0.3, -0.25) is 9.59 Å². The van der Waals surface area contributed by atoms with Crippen molar-refractivity contribution in [3.05, 3.63) is 11.6 Å². The van der Waals surface area contributed by atoms with Crippen molar-refractivity contribution in [2.45, 2.75) is 34.1 Å². The van der Waals surface area contributed by atoms with Crippen molar-refractivity contribution in [1.82, 2.24) is 4.98 Å². The largest absolute Gasteiger partial charge is 0.495 e. The van der Waals surface area contributed by atoms with Crippen LogP contribution in [0.25, 0.3) is 0 Å². The Morgan fingerprint density at radius 1 is 1.44 bits per heavy atom. The number of aromatic nitrogens is 1. The maximum Gasteiger partial charge on any atom is 0.232 e. The molecule has 0 saturated heterocycles. The first kappa shape index (κ1) is 14.2. The summed E-state index contributed by atoms with van der Waals surface area (Å²) in [4.78, 5) is 24.3. The number of carbonyl (C=O) groups excluding carboxylic acids is 2. The average molecular weight is 226 g/mol. The number of aromatic amines is 1. The smallest absolute Gasteiger partial charge is 0.232 e. The summed E-state index contributed by atoms with van der Waals surface area (Å²) in [6, 6.07) is 1.49. The van der Waals surface area contributed by atoms with Gasteiger partial charge in [0.25, 0.3) is 0 Å². The highest BCUT2D eigenvalue weighted by atomic mass is 16.3. The molecule has 1 amide bonds. The normalized spacial score (nSPS) is 9.00. The van der Waals surface area contributed by atoms with Gasteiger partial charge in [-0.1, -0.05) is 13.8 Å². The lowest BCUT2D eigenvalue weighted by atomic mass is 10.3. The molecule has 3 N–H and O–H groups in total. The molecule has 0 radical (unpaired) electrons. The molecule has 0 saturated carbocycles. The number of anilines is 1. The SMILES string of the molecule is CC.CC(=O)CC(=O)Nc1[nH]c(O)cc1C. The molecule has 1 rings (SSSR count). The molecular weight excluding hydrogens is 208 g/mol. The average Bonchev–Trinajstić information content (AvgIpc) is 2.47. The van der Waals surface area contributed by atoms with E-state index in [0.29, 0.717) is 5.82 Å². The van der Waals surface area contributed by atoms with Gasteiger partial charge in [0.2, 0.25) is 5.91 Å². The van der Waals surface area contributed by atoms with E-state index in [4.69, 9.17) is 5.11 Å². The number of nitrogens with one attached hydrogen (secondary N) is 2. The van der Waals surface area contributed by atoms with Crippen LogP contribution in [0.2, 0.25) is 0 Å². The van der Waals surface area contributed by atoms with Gasteiger partial charge in [0.05, 0.1) is 6.42 Å². The monoisotopic (exact) mass is 226 g/mol. The minimum absolute atomic E-state index is 0.0133. The second kappa shape index (κ2) is 6.66. The fraction of sp³-hybridized carbons (Fsp3) is 0.455. The molecule has 0 atom stereocenters. The molecular formula is C11H18N2O3. The van der Waals surface area contributed by atoms with Gasteiger partial charge in [-0.2, -0.15) is 0 Å². The summed E-state index contributed by atoms with van der Waals surface area (Å²) in [6.07, 6.45) is -0.154. The van der Waals surface area contributed by atoms with E-state index in [9.17, 15) is 9.59 Å². The quantitative estimate of drug-likeness (QED) is 0.689. The number of Topliss-reactive ketones (excluding diaryl/α,β-unsaturated/α-hetero) is 1. The third-order valence-corrected chi connectivity index (χ3v) is 1.67. The number of amides is 1. The second-order valence-electron chi connectivity index (χ2n) is 3.14. The van der Waals surface area contributed by atoms with Crippen LogP contribution in [0.4, 0.5) is 5.82 Å². The molecule has 0 bridgehead atoms. The van der Waals surface area contributed by atoms with Gasteiger partial charge in [0.15, 0.2) is 5.88 Å². The minimum atomic E-state index is -0.387. The zero-order chi connectivity index (χ0) is 12.7. The molecule has 1 heterocycles. The first-order valence-electron chi connectivity index (χ1n) is 5.17. The van der Waals surface area contributed by atoms with Crippen molar-refractivity contribution in [2.75, 3.05) is 5.32 Å². The Morgan fingerprint density at radius 3 is 2.38 bits per heavy atom. The van der Waals surface area contributed by atoms with Crippen molar-refractivity contribution < 1.29 is 14.7 Å². The highest BCUT2D eigenvalue weighted by Crippen LogP contribution is 2.19. The van der Waals surface area contributed by atoms with E-state index >= 15 is 0 Å². The van der Waals surface area contributed by atoms with Crippen LogP contribution in [0, 0.1) is 6.92 Å². The summed E-state index contributed by atoms with van der Waals surface area (Å²) in [6.45, 7) is 7.08. The van der Waals surface area contributed by atoms with E-state index in [1.54, 1.807) is 6.92 Å². The molecule has 0 fully saturated rings. The molecule has 0 unspecified atom stereocenters. The Bertz CT molecular complexity index is 369. The number of hydrogen-bond acceptors (Lipinski definition) is 3. The van der Waals surface area contributed by atoms with Gasteiger partial charge in [0, 0.05) is 6.07 Å². The van der Waals surface area contributed by atoms with Crippen molar-refractivity contribution >= 4 is 17.5 Å². The van der Waals surface area contributed by atoms with Crippen molar-refractivity contribution in [3.8, 4) is 5.88 Å². The van der Waals surface area contributed by atoms with Crippen LogP contribution in [-0.4, -0.2) is 21.8 Å². The van der Waals surface area contributed by atoms with Gasteiger partial charge in [-0.05, 0) is 19.4 Å².